The number of hydrogen-bond donors (Lipinski definition) is 1. The Morgan fingerprint density at radius 2 is 2.00 bits per heavy atom. The van der Waals surface area contributed by atoms with Crippen molar-refractivity contribution in [1.82, 2.24) is 4.98 Å². The van der Waals surface area contributed by atoms with E-state index in [-0.39, 0.29) is 0 Å². The van der Waals surface area contributed by atoms with Gasteiger partial charge in [0.2, 0.25) is 0 Å². The number of nitrogens with one attached hydrogen (secondary N) is 1. The van der Waals surface area contributed by atoms with Crippen molar-refractivity contribution in [2.75, 3.05) is 12.4 Å². The van der Waals surface area contributed by atoms with Gasteiger partial charge in [-0.05, 0) is 30.7 Å². The molecular formula is C14H16N2O. The van der Waals surface area contributed by atoms with Crippen LogP contribution >= 0.6 is 0 Å². The molecule has 0 bridgehead atoms. The summed E-state index contributed by atoms with van der Waals surface area (Å²) in [6.45, 7) is 2.73. The van der Waals surface area contributed by atoms with E-state index in [1.807, 2.05) is 43.5 Å². The average molecular weight is 228 g/mol. The molecule has 0 atom stereocenters. The molecule has 1 aromatic heterocycles. The van der Waals surface area contributed by atoms with Crippen LogP contribution in [0.3, 0.4) is 0 Å². The van der Waals surface area contributed by atoms with E-state index in [9.17, 15) is 0 Å². The van der Waals surface area contributed by atoms with Gasteiger partial charge >= 0.3 is 0 Å². The summed E-state index contributed by atoms with van der Waals surface area (Å²) in [4.78, 5) is 4.35. The molecule has 0 unspecified atom stereocenters. The number of ether oxygens (including phenoxy) is 1. The quantitative estimate of drug-likeness (QED) is 0.873. The molecule has 0 radical (unpaired) electrons. The van der Waals surface area contributed by atoms with E-state index in [1.165, 1.54) is 5.56 Å². The molecule has 0 fully saturated rings. The zero-order valence-electron chi connectivity index (χ0n) is 10.1. The number of aromatic nitrogens is 1. The predicted molar refractivity (Wildman–Crippen MR) is 69.3 cm³/mol. The second kappa shape index (κ2) is 5.34. The summed E-state index contributed by atoms with van der Waals surface area (Å²) in [5, 5.41) is 3.31. The highest BCUT2D eigenvalue weighted by molar-refractivity contribution is 5.56. The molecule has 0 saturated heterocycles. The van der Waals surface area contributed by atoms with E-state index in [1.54, 1.807) is 7.11 Å². The van der Waals surface area contributed by atoms with Crippen molar-refractivity contribution in [2.45, 2.75) is 13.5 Å². The van der Waals surface area contributed by atoms with Gasteiger partial charge in [-0.3, -0.25) is 4.98 Å². The van der Waals surface area contributed by atoms with Crippen molar-refractivity contribution in [3.63, 3.8) is 0 Å². The summed E-state index contributed by atoms with van der Waals surface area (Å²) in [5.41, 5.74) is 3.17. The molecule has 0 aliphatic rings. The molecule has 1 aromatic carbocycles. The highest BCUT2D eigenvalue weighted by Crippen LogP contribution is 2.23. The van der Waals surface area contributed by atoms with Gasteiger partial charge in [0.05, 0.1) is 25.0 Å². The SMILES string of the molecule is COc1ccccc1NCc1ccc(C)cn1. The van der Waals surface area contributed by atoms with Gasteiger partial charge in [0.25, 0.3) is 0 Å². The van der Waals surface area contributed by atoms with Gasteiger partial charge in [0.15, 0.2) is 0 Å². The smallest absolute Gasteiger partial charge is 0.141 e. The Labute approximate surface area is 101 Å². The summed E-state index contributed by atoms with van der Waals surface area (Å²) < 4.78 is 5.27. The molecule has 0 aliphatic carbocycles. The second-order valence-electron chi connectivity index (χ2n) is 3.88. The van der Waals surface area contributed by atoms with Gasteiger partial charge in [-0.15, -0.1) is 0 Å². The topological polar surface area (TPSA) is 34.1 Å². The van der Waals surface area contributed by atoms with Crippen molar-refractivity contribution < 1.29 is 4.74 Å². The van der Waals surface area contributed by atoms with Crippen molar-refractivity contribution in [3.8, 4) is 5.75 Å². The summed E-state index contributed by atoms with van der Waals surface area (Å²) in [7, 11) is 1.67. The molecule has 0 aliphatic heterocycles. The van der Waals surface area contributed by atoms with Gasteiger partial charge in [-0.1, -0.05) is 18.2 Å². The standard InChI is InChI=1S/C14H16N2O/c1-11-7-8-12(15-9-11)10-16-13-5-3-4-6-14(13)17-2/h3-9,16H,10H2,1-2H3. The third kappa shape index (κ3) is 2.97. The van der Waals surface area contributed by atoms with Crippen molar-refractivity contribution in [2.24, 2.45) is 0 Å². The highest BCUT2D eigenvalue weighted by Gasteiger charge is 2.01. The first-order valence-corrected chi connectivity index (χ1v) is 5.58. The second-order valence-corrected chi connectivity index (χ2v) is 3.88. The Kier molecular flexibility index (Phi) is 3.60. The van der Waals surface area contributed by atoms with Gasteiger partial charge < -0.3 is 10.1 Å². The van der Waals surface area contributed by atoms with E-state index in [4.69, 9.17) is 4.74 Å². The fourth-order valence-electron chi connectivity index (χ4n) is 1.58. The normalized spacial score (nSPS) is 10.0. The maximum atomic E-state index is 5.27. The Morgan fingerprint density at radius 1 is 1.18 bits per heavy atom. The lowest BCUT2D eigenvalue weighted by Gasteiger charge is -2.10. The van der Waals surface area contributed by atoms with Gasteiger partial charge in [-0.25, -0.2) is 0 Å². The lowest BCUT2D eigenvalue weighted by Crippen LogP contribution is -2.02. The van der Waals surface area contributed by atoms with E-state index < -0.39 is 0 Å². The first kappa shape index (κ1) is 11.5. The summed E-state index contributed by atoms with van der Waals surface area (Å²) >= 11 is 0. The largest absolute Gasteiger partial charge is 0.495 e. The average Bonchev–Trinajstić information content (AvgIpc) is 2.38. The Balaban J connectivity index is 2.04. The van der Waals surface area contributed by atoms with Crippen LogP contribution in [0.15, 0.2) is 42.6 Å². The van der Waals surface area contributed by atoms with Crippen molar-refractivity contribution in [1.29, 1.82) is 0 Å². The number of anilines is 1. The number of aryl methyl sites for hydroxylation is 1. The minimum atomic E-state index is 0.695. The lowest BCUT2D eigenvalue weighted by molar-refractivity contribution is 0.416. The van der Waals surface area contributed by atoms with Crippen LogP contribution in [0, 0.1) is 6.92 Å². The number of hydrogen-bond acceptors (Lipinski definition) is 3. The van der Waals surface area contributed by atoms with Gasteiger partial charge in [0, 0.05) is 6.20 Å². The molecule has 0 spiro atoms. The van der Waals surface area contributed by atoms with E-state index >= 15 is 0 Å². The van der Waals surface area contributed by atoms with Crippen LogP contribution in [-0.2, 0) is 6.54 Å². The van der Waals surface area contributed by atoms with Gasteiger partial charge in [0.1, 0.15) is 5.75 Å². The van der Waals surface area contributed by atoms with Gasteiger partial charge in [-0.2, -0.15) is 0 Å². The number of rotatable bonds is 4. The molecule has 1 heterocycles. The molecule has 2 rings (SSSR count). The summed E-state index contributed by atoms with van der Waals surface area (Å²) in [6, 6.07) is 11.9. The minimum Gasteiger partial charge on any atom is -0.495 e. The van der Waals surface area contributed by atoms with Crippen LogP contribution in [0.1, 0.15) is 11.3 Å². The first-order chi connectivity index (χ1) is 8.29. The first-order valence-electron chi connectivity index (χ1n) is 5.58. The number of para-hydroxylation sites is 2. The molecular weight excluding hydrogens is 212 g/mol. The third-order valence-electron chi connectivity index (χ3n) is 2.54. The van der Waals surface area contributed by atoms with Crippen molar-refractivity contribution in [3.05, 3.63) is 53.9 Å². The fraction of sp³-hybridized carbons (Fsp3) is 0.214. The summed E-state index contributed by atoms with van der Waals surface area (Å²) in [5.74, 6) is 0.847. The molecule has 0 amide bonds. The van der Waals surface area contributed by atoms with Crippen LogP contribution < -0.4 is 10.1 Å². The number of methoxy groups -OCH3 is 1. The number of nitrogens with zero attached hydrogens (tertiary/aromatic N) is 1. The van der Waals surface area contributed by atoms with E-state index in [0.29, 0.717) is 6.54 Å². The third-order valence-corrected chi connectivity index (χ3v) is 2.54. The van der Waals surface area contributed by atoms with E-state index in [2.05, 4.69) is 16.4 Å². The molecule has 17 heavy (non-hydrogen) atoms. The number of pyridine rings is 1. The van der Waals surface area contributed by atoms with Crippen LogP contribution in [0.25, 0.3) is 0 Å². The maximum Gasteiger partial charge on any atom is 0.141 e. The summed E-state index contributed by atoms with van der Waals surface area (Å²) in [6.07, 6.45) is 1.87. The molecule has 3 heteroatoms. The van der Waals surface area contributed by atoms with Crippen LogP contribution in [0.5, 0.6) is 5.75 Å². The molecule has 1 N–H and O–H groups in total. The molecule has 0 saturated carbocycles. The lowest BCUT2D eigenvalue weighted by atomic mass is 10.2. The fourth-order valence-corrected chi connectivity index (χ4v) is 1.58. The molecule has 2 aromatic rings. The zero-order valence-corrected chi connectivity index (χ0v) is 10.1. The molecule has 3 nitrogen and oxygen atoms in total. The molecule has 88 valence electrons. The van der Waals surface area contributed by atoms with Crippen LogP contribution in [0.4, 0.5) is 5.69 Å². The maximum absolute atomic E-state index is 5.27. The predicted octanol–water partition coefficient (Wildman–Crippen LogP) is 3.01. The highest BCUT2D eigenvalue weighted by atomic mass is 16.5. The van der Waals surface area contributed by atoms with Crippen LogP contribution in [0.2, 0.25) is 0 Å². The minimum absolute atomic E-state index is 0.695. The zero-order chi connectivity index (χ0) is 12.1. The Morgan fingerprint density at radius 3 is 2.71 bits per heavy atom. The number of benzene rings is 1. The monoisotopic (exact) mass is 228 g/mol. The Hall–Kier alpha value is -2.03. The van der Waals surface area contributed by atoms with E-state index in [0.717, 1.165) is 17.1 Å². The van der Waals surface area contributed by atoms with Crippen molar-refractivity contribution >= 4 is 5.69 Å². The van der Waals surface area contributed by atoms with Crippen LogP contribution in [-0.4, -0.2) is 12.1 Å². The Bertz CT molecular complexity index is 480.